The van der Waals surface area contributed by atoms with Crippen LogP contribution < -0.4 is 0 Å². The summed E-state index contributed by atoms with van der Waals surface area (Å²) in [5.74, 6) is 1.96. The van der Waals surface area contributed by atoms with E-state index in [1.807, 2.05) is 72.0 Å². The fourth-order valence-electron chi connectivity index (χ4n) is 8.46. The minimum Gasteiger partial charge on any atom is -0.456 e. The Kier molecular flexibility index (Phi) is 7.03. The van der Waals surface area contributed by atoms with Crippen molar-refractivity contribution in [3.05, 3.63) is 182 Å². The average Bonchev–Trinajstić information content (AvgIpc) is 3.96. The first kappa shape index (κ1) is 31.9. The maximum atomic E-state index is 6.56. The fraction of sp³-hybridized carbons (Fsp3) is 0. The van der Waals surface area contributed by atoms with Crippen LogP contribution in [-0.4, -0.2) is 19.5 Å². The third kappa shape index (κ3) is 5.04. The van der Waals surface area contributed by atoms with Crippen LogP contribution in [0.3, 0.4) is 0 Å². The second-order valence-corrected chi connectivity index (χ2v) is 15.4. The van der Waals surface area contributed by atoms with Crippen molar-refractivity contribution in [3.63, 3.8) is 0 Å². The minimum absolute atomic E-state index is 0.652. The van der Waals surface area contributed by atoms with Crippen LogP contribution in [0.25, 0.3) is 115 Å². The highest BCUT2D eigenvalue weighted by Gasteiger charge is 2.20. The molecule has 12 aromatic rings. The Balaban J connectivity index is 0.999. The Hall–Kier alpha value is -7.41. The maximum Gasteiger partial charge on any atom is 0.164 e. The van der Waals surface area contributed by atoms with Crippen LogP contribution in [-0.2, 0) is 0 Å². The molecule has 0 aliphatic rings. The van der Waals surface area contributed by atoms with Crippen LogP contribution in [0, 0.1) is 0 Å². The number of para-hydroxylation sites is 2. The van der Waals surface area contributed by atoms with Gasteiger partial charge in [0.15, 0.2) is 17.5 Å². The van der Waals surface area contributed by atoms with Gasteiger partial charge in [0.1, 0.15) is 11.2 Å². The van der Waals surface area contributed by atoms with E-state index in [-0.39, 0.29) is 0 Å². The highest BCUT2D eigenvalue weighted by Crippen LogP contribution is 2.45. The van der Waals surface area contributed by atoms with Gasteiger partial charge in [-0.1, -0.05) is 133 Å². The third-order valence-electron chi connectivity index (χ3n) is 11.1. The number of hydrogen-bond acceptors (Lipinski definition) is 5. The topological polar surface area (TPSA) is 56.7 Å². The van der Waals surface area contributed by atoms with E-state index in [9.17, 15) is 0 Å². The van der Waals surface area contributed by atoms with E-state index in [4.69, 9.17) is 19.4 Å². The van der Waals surface area contributed by atoms with Crippen molar-refractivity contribution in [2.45, 2.75) is 0 Å². The molecular formula is C51H30N4OS. The molecule has 0 saturated heterocycles. The normalized spacial score (nSPS) is 11.9. The Labute approximate surface area is 330 Å². The van der Waals surface area contributed by atoms with E-state index in [1.165, 1.54) is 42.2 Å². The molecule has 4 heterocycles. The number of rotatable bonds is 5. The smallest absolute Gasteiger partial charge is 0.164 e. The van der Waals surface area contributed by atoms with Crippen LogP contribution in [0.5, 0.6) is 0 Å². The van der Waals surface area contributed by atoms with Crippen LogP contribution in [0.1, 0.15) is 0 Å². The molecule has 6 heteroatoms. The fourth-order valence-corrected chi connectivity index (χ4v) is 9.73. The summed E-state index contributed by atoms with van der Waals surface area (Å²) in [6.07, 6.45) is 0. The van der Waals surface area contributed by atoms with Gasteiger partial charge in [0.25, 0.3) is 0 Å². The Morgan fingerprint density at radius 2 is 1.02 bits per heavy atom. The molecule has 0 atom stereocenters. The van der Waals surface area contributed by atoms with E-state index in [1.54, 1.807) is 0 Å². The summed E-state index contributed by atoms with van der Waals surface area (Å²) in [6.45, 7) is 0. The van der Waals surface area contributed by atoms with Gasteiger partial charge in [0.05, 0.1) is 11.0 Å². The SMILES string of the molecule is c1ccc(-c2nc(-c3ccccc3)nc(-c3cccc4sc5c(-c6ccc7oc8cc(-n9c%10ccccc%10c%10ccccc%109)ccc8c7c6)cccc5c34)n2)cc1. The summed E-state index contributed by atoms with van der Waals surface area (Å²) in [6, 6.07) is 63.7. The highest BCUT2D eigenvalue weighted by atomic mass is 32.1. The van der Waals surface area contributed by atoms with E-state index in [0.29, 0.717) is 17.5 Å². The summed E-state index contributed by atoms with van der Waals surface area (Å²) >= 11 is 1.81. The molecule has 5 nitrogen and oxygen atoms in total. The number of nitrogens with zero attached hydrogens (tertiary/aromatic N) is 4. The second kappa shape index (κ2) is 12.6. The zero-order valence-corrected chi connectivity index (χ0v) is 31.2. The molecule has 0 unspecified atom stereocenters. The van der Waals surface area contributed by atoms with Crippen LogP contribution in [0.4, 0.5) is 0 Å². The summed E-state index contributed by atoms with van der Waals surface area (Å²) < 4.78 is 11.3. The molecule has 0 bridgehead atoms. The number of hydrogen-bond donors (Lipinski definition) is 0. The lowest BCUT2D eigenvalue weighted by atomic mass is 9.99. The van der Waals surface area contributed by atoms with Crippen LogP contribution >= 0.6 is 11.3 Å². The molecule has 0 N–H and O–H groups in total. The molecule has 0 aliphatic carbocycles. The van der Waals surface area contributed by atoms with Gasteiger partial charge in [-0.25, -0.2) is 15.0 Å². The van der Waals surface area contributed by atoms with Crippen molar-refractivity contribution >= 4 is 75.3 Å². The van der Waals surface area contributed by atoms with E-state index >= 15 is 0 Å². The third-order valence-corrected chi connectivity index (χ3v) is 12.3. The van der Waals surface area contributed by atoms with Crippen molar-refractivity contribution in [1.82, 2.24) is 19.5 Å². The number of fused-ring (bicyclic) bond motifs is 9. The molecular weight excluding hydrogens is 717 g/mol. The van der Waals surface area contributed by atoms with Crippen molar-refractivity contribution in [1.29, 1.82) is 0 Å². The molecule has 0 fully saturated rings. The molecule has 12 rings (SSSR count). The molecule has 0 radical (unpaired) electrons. The average molecular weight is 747 g/mol. The van der Waals surface area contributed by atoms with Crippen molar-refractivity contribution in [2.24, 2.45) is 0 Å². The van der Waals surface area contributed by atoms with Gasteiger partial charge >= 0.3 is 0 Å². The predicted octanol–water partition coefficient (Wildman–Crippen LogP) is 13.9. The van der Waals surface area contributed by atoms with E-state index in [2.05, 4.69) is 126 Å². The molecule has 0 saturated carbocycles. The van der Waals surface area contributed by atoms with Gasteiger partial charge in [-0.15, -0.1) is 11.3 Å². The van der Waals surface area contributed by atoms with E-state index in [0.717, 1.165) is 55.3 Å². The van der Waals surface area contributed by atoms with E-state index < -0.39 is 0 Å². The number of furan rings is 1. The lowest BCUT2D eigenvalue weighted by Gasteiger charge is -2.09. The molecule has 266 valence electrons. The number of thiophene rings is 1. The largest absolute Gasteiger partial charge is 0.456 e. The van der Waals surface area contributed by atoms with Gasteiger partial charge in [0.2, 0.25) is 0 Å². The van der Waals surface area contributed by atoms with Crippen molar-refractivity contribution in [3.8, 4) is 51.0 Å². The van der Waals surface area contributed by atoms with Crippen molar-refractivity contribution in [2.75, 3.05) is 0 Å². The summed E-state index contributed by atoms with van der Waals surface area (Å²) in [5.41, 5.74) is 10.4. The standard InChI is InChI=1S/C51H30N4OS/c1-3-13-31(14-4-1)49-52-50(32-15-5-2-6-16-32)54-51(53-49)40-21-12-24-46-47(40)39-20-11-19-35(48(39)57-46)33-25-28-44-41(29-33)38-27-26-34(30-45(38)56-44)55-42-22-9-7-17-36(42)37-18-8-10-23-43(37)55/h1-30H. The van der Waals surface area contributed by atoms with Gasteiger partial charge in [-0.3, -0.25) is 0 Å². The highest BCUT2D eigenvalue weighted by molar-refractivity contribution is 7.26. The second-order valence-electron chi connectivity index (χ2n) is 14.4. The molecule has 4 aromatic heterocycles. The quantitative estimate of drug-likeness (QED) is 0.176. The number of benzene rings is 8. The first-order chi connectivity index (χ1) is 28.2. The number of aromatic nitrogens is 4. The zero-order chi connectivity index (χ0) is 37.5. The first-order valence-corrected chi connectivity index (χ1v) is 19.8. The molecule has 8 aromatic carbocycles. The summed E-state index contributed by atoms with van der Waals surface area (Å²) in [4.78, 5) is 15.1. The maximum absolute atomic E-state index is 6.56. The predicted molar refractivity (Wildman–Crippen MR) is 236 cm³/mol. The van der Waals surface area contributed by atoms with Gasteiger partial charge in [-0.05, 0) is 53.6 Å². The van der Waals surface area contributed by atoms with Gasteiger partial charge in [-0.2, -0.15) is 0 Å². The molecule has 0 amide bonds. The van der Waals surface area contributed by atoms with Gasteiger partial charge in [0, 0.05) is 70.2 Å². The zero-order valence-electron chi connectivity index (χ0n) is 30.4. The molecule has 0 spiro atoms. The molecule has 0 aliphatic heterocycles. The summed E-state index contributed by atoms with van der Waals surface area (Å²) in [7, 11) is 0. The molecule has 57 heavy (non-hydrogen) atoms. The van der Waals surface area contributed by atoms with Gasteiger partial charge < -0.3 is 8.98 Å². The monoisotopic (exact) mass is 746 g/mol. The van der Waals surface area contributed by atoms with Crippen molar-refractivity contribution < 1.29 is 4.42 Å². The summed E-state index contributed by atoms with van der Waals surface area (Å²) in [5, 5.41) is 7.01. The minimum atomic E-state index is 0.652. The Bertz CT molecular complexity index is 3420. The lowest BCUT2D eigenvalue weighted by Crippen LogP contribution is -2.00. The van der Waals surface area contributed by atoms with Crippen LogP contribution in [0.2, 0.25) is 0 Å². The Morgan fingerprint density at radius 3 is 1.74 bits per heavy atom. The first-order valence-electron chi connectivity index (χ1n) is 19.0. The van der Waals surface area contributed by atoms with Crippen LogP contribution in [0.15, 0.2) is 186 Å². The Morgan fingerprint density at radius 1 is 0.404 bits per heavy atom. The lowest BCUT2D eigenvalue weighted by molar-refractivity contribution is 0.668.